The van der Waals surface area contributed by atoms with E-state index in [4.69, 9.17) is 14.2 Å². The van der Waals surface area contributed by atoms with E-state index in [1.165, 1.54) is 6.92 Å². The molecular formula is C37H41NO12. The molecule has 6 rings (SSSR count). The van der Waals surface area contributed by atoms with Gasteiger partial charge in [0.15, 0.2) is 12.2 Å². The first kappa shape index (κ1) is 35.9. The van der Waals surface area contributed by atoms with Crippen molar-refractivity contribution in [3.8, 4) is 34.8 Å². The number of likely N-dealkylation sites (tertiary alicyclic amines) is 1. The number of aliphatic hydroxyl groups is 7. The topological polar surface area (TPSA) is 207 Å². The van der Waals surface area contributed by atoms with Gasteiger partial charge in [0.2, 0.25) is 5.91 Å². The maximum atomic E-state index is 12.3. The van der Waals surface area contributed by atoms with Crippen molar-refractivity contribution in [1.29, 1.82) is 0 Å². The van der Waals surface area contributed by atoms with Crippen molar-refractivity contribution in [2.45, 2.75) is 93.1 Å². The van der Waals surface area contributed by atoms with Crippen LogP contribution in [0.15, 0.2) is 36.4 Å². The number of rotatable bonds is 3. The zero-order valence-corrected chi connectivity index (χ0v) is 27.6. The minimum Gasteiger partial charge on any atom is -0.456 e. The number of hydrogen-bond acceptors (Lipinski definition) is 12. The van der Waals surface area contributed by atoms with E-state index in [1.54, 1.807) is 6.92 Å². The van der Waals surface area contributed by atoms with Crippen molar-refractivity contribution >= 4 is 11.9 Å². The Kier molecular flexibility index (Phi) is 10.4. The van der Waals surface area contributed by atoms with E-state index in [1.807, 2.05) is 41.3 Å². The SMILES string of the molecule is CC(=O)O[C@H]1[C@@H](O)[C@H](O)[C@@H](CO)O[C@@H]1C#Cc1ccc2c(c1)C1(CCN(C(C)=O)CC1)c1cc(C#C[C@H]3O[C@H](CO)[C@@H](O)[C@H](O)[C@@H]3O)ccc1-2. The highest BCUT2D eigenvalue weighted by Gasteiger charge is 2.47. The molecule has 2 aromatic rings. The Hall–Kier alpha value is -3.86. The van der Waals surface area contributed by atoms with Gasteiger partial charge in [0.1, 0.15) is 48.8 Å². The number of hydrogen-bond donors (Lipinski definition) is 7. The molecule has 3 heterocycles. The van der Waals surface area contributed by atoms with Crippen molar-refractivity contribution in [3.63, 3.8) is 0 Å². The molecule has 13 heteroatoms. The van der Waals surface area contributed by atoms with Crippen LogP contribution in [-0.2, 0) is 29.2 Å². The van der Waals surface area contributed by atoms with Crippen molar-refractivity contribution < 1.29 is 59.5 Å². The molecule has 0 saturated carbocycles. The van der Waals surface area contributed by atoms with Crippen molar-refractivity contribution in [3.05, 3.63) is 58.7 Å². The molecule has 1 aliphatic carbocycles. The van der Waals surface area contributed by atoms with E-state index >= 15 is 0 Å². The molecule has 3 fully saturated rings. The van der Waals surface area contributed by atoms with Crippen LogP contribution in [0.1, 0.15) is 48.9 Å². The van der Waals surface area contributed by atoms with Crippen LogP contribution < -0.4 is 0 Å². The zero-order valence-electron chi connectivity index (χ0n) is 27.6. The van der Waals surface area contributed by atoms with Crippen LogP contribution in [0.2, 0.25) is 0 Å². The Labute approximate surface area is 289 Å². The summed E-state index contributed by atoms with van der Waals surface area (Å²) in [6.45, 7) is 2.63. The Morgan fingerprint density at radius 3 is 1.76 bits per heavy atom. The Balaban J connectivity index is 1.35. The molecule has 0 bridgehead atoms. The lowest BCUT2D eigenvalue weighted by molar-refractivity contribution is -0.225. The summed E-state index contributed by atoms with van der Waals surface area (Å²) >= 11 is 0. The summed E-state index contributed by atoms with van der Waals surface area (Å²) < 4.78 is 16.5. The number of amides is 1. The number of piperidine rings is 1. The van der Waals surface area contributed by atoms with Gasteiger partial charge in [0.05, 0.1) is 13.2 Å². The van der Waals surface area contributed by atoms with E-state index in [0.717, 1.165) is 22.3 Å². The van der Waals surface area contributed by atoms with E-state index in [9.17, 15) is 45.3 Å². The highest BCUT2D eigenvalue weighted by Crippen LogP contribution is 2.54. The highest BCUT2D eigenvalue weighted by atomic mass is 16.6. The second kappa shape index (κ2) is 14.4. The predicted octanol–water partition coefficient (Wildman–Crippen LogP) is -1.45. The lowest BCUT2D eigenvalue weighted by Crippen LogP contribution is -2.59. The molecule has 50 heavy (non-hydrogen) atoms. The van der Waals surface area contributed by atoms with Crippen molar-refractivity contribution in [1.82, 2.24) is 4.90 Å². The van der Waals surface area contributed by atoms with Gasteiger partial charge < -0.3 is 54.9 Å². The van der Waals surface area contributed by atoms with Crippen LogP contribution in [0.5, 0.6) is 0 Å². The Bertz CT molecular complexity index is 1750. The van der Waals surface area contributed by atoms with Crippen LogP contribution in [0.25, 0.3) is 11.1 Å². The zero-order chi connectivity index (χ0) is 35.9. The summed E-state index contributed by atoms with van der Waals surface area (Å²) in [6.07, 6.45) is -12.0. The summed E-state index contributed by atoms with van der Waals surface area (Å²) in [4.78, 5) is 25.9. The first-order chi connectivity index (χ1) is 23.9. The normalized spacial score (nSPS) is 32.5. The molecular weight excluding hydrogens is 650 g/mol. The number of aliphatic hydroxyl groups excluding tert-OH is 7. The molecule has 10 atom stereocenters. The Morgan fingerprint density at radius 1 is 0.760 bits per heavy atom. The second-order valence-corrected chi connectivity index (χ2v) is 13.2. The minimum atomic E-state index is -1.54. The monoisotopic (exact) mass is 691 g/mol. The second-order valence-electron chi connectivity index (χ2n) is 13.2. The third kappa shape index (κ3) is 6.53. The molecule has 0 radical (unpaired) electrons. The Morgan fingerprint density at radius 2 is 1.26 bits per heavy atom. The summed E-state index contributed by atoms with van der Waals surface area (Å²) in [5, 5.41) is 71.0. The lowest BCUT2D eigenvalue weighted by atomic mass is 9.70. The summed E-state index contributed by atoms with van der Waals surface area (Å²) in [7, 11) is 0. The molecule has 7 N–H and O–H groups in total. The standard InChI is InChI=1S/C37H41NO12/c1-19(41)38-13-11-37(12-14-38)25-15-21(5-9-27-31(43)34(46)32(44)29(17-39)49-27)3-7-23(25)24-8-4-22(16-26(24)37)6-10-28-36(48-20(2)42)35(47)33(45)30(18-40)50-28/h3-4,7-8,15-16,27-36,39-40,43-47H,11-14,17-18H2,1-2H3/t27-,28-,29-,30-,31-,32-,33-,34-,35+,36-/m1/s1. The van der Waals surface area contributed by atoms with Crippen molar-refractivity contribution in [2.24, 2.45) is 0 Å². The van der Waals surface area contributed by atoms with E-state index in [-0.39, 0.29) is 5.91 Å². The summed E-state index contributed by atoms with van der Waals surface area (Å²) in [5.41, 5.74) is 4.72. The van der Waals surface area contributed by atoms with E-state index in [2.05, 4.69) is 23.7 Å². The van der Waals surface area contributed by atoms with Gasteiger partial charge in [0.25, 0.3) is 0 Å². The number of fused-ring (bicyclic) bond motifs is 5. The average molecular weight is 692 g/mol. The molecule has 1 spiro atoms. The van der Waals surface area contributed by atoms with Gasteiger partial charge in [0, 0.05) is 43.5 Å². The van der Waals surface area contributed by atoms with Crippen LogP contribution in [-0.4, -0.2) is 140 Å². The fraction of sp³-hybridized carbons (Fsp3) is 0.514. The molecule has 0 aromatic heterocycles. The fourth-order valence-electron chi connectivity index (χ4n) is 7.45. The van der Waals surface area contributed by atoms with E-state index < -0.39 is 85.6 Å². The first-order valence-electron chi connectivity index (χ1n) is 16.6. The molecule has 3 aliphatic heterocycles. The molecule has 4 aliphatic rings. The molecule has 3 saturated heterocycles. The number of carbonyl (C=O) groups is 2. The van der Waals surface area contributed by atoms with Gasteiger partial charge >= 0.3 is 5.97 Å². The number of carbonyl (C=O) groups excluding carboxylic acids is 2. The van der Waals surface area contributed by atoms with Crippen LogP contribution in [0.4, 0.5) is 0 Å². The van der Waals surface area contributed by atoms with Crippen LogP contribution in [0.3, 0.4) is 0 Å². The maximum absolute atomic E-state index is 12.3. The van der Waals surface area contributed by atoms with Gasteiger partial charge in [-0.15, -0.1) is 0 Å². The smallest absolute Gasteiger partial charge is 0.303 e. The fourth-order valence-corrected chi connectivity index (χ4v) is 7.45. The summed E-state index contributed by atoms with van der Waals surface area (Å²) in [5.74, 6) is 11.2. The third-order valence-electron chi connectivity index (χ3n) is 10.2. The molecule has 1 amide bonds. The van der Waals surface area contributed by atoms with Gasteiger partial charge in [-0.3, -0.25) is 9.59 Å². The van der Waals surface area contributed by atoms with Crippen molar-refractivity contribution in [2.75, 3.05) is 26.3 Å². The quantitative estimate of drug-likeness (QED) is 0.146. The maximum Gasteiger partial charge on any atom is 0.303 e. The largest absolute Gasteiger partial charge is 0.456 e. The highest BCUT2D eigenvalue weighted by molar-refractivity contribution is 5.83. The lowest BCUT2D eigenvalue weighted by Gasteiger charge is -2.41. The first-order valence-corrected chi connectivity index (χ1v) is 16.6. The number of benzene rings is 2. The van der Waals surface area contributed by atoms with Crippen LogP contribution in [0, 0.1) is 23.7 Å². The van der Waals surface area contributed by atoms with Gasteiger partial charge in [-0.1, -0.05) is 35.8 Å². The number of ether oxygens (including phenoxy) is 3. The number of esters is 1. The molecule has 266 valence electrons. The van der Waals surface area contributed by atoms with Gasteiger partial charge in [-0.05, 0) is 59.4 Å². The van der Waals surface area contributed by atoms with E-state index in [0.29, 0.717) is 37.1 Å². The molecule has 13 nitrogen and oxygen atoms in total. The minimum absolute atomic E-state index is 0.0136. The van der Waals surface area contributed by atoms with Gasteiger partial charge in [-0.25, -0.2) is 0 Å². The average Bonchev–Trinajstić information content (AvgIpc) is 3.36. The van der Waals surface area contributed by atoms with Crippen LogP contribution >= 0.6 is 0 Å². The predicted molar refractivity (Wildman–Crippen MR) is 175 cm³/mol. The number of nitrogens with zero attached hydrogens (tertiary/aromatic N) is 1. The summed E-state index contributed by atoms with van der Waals surface area (Å²) in [6, 6.07) is 11.6. The third-order valence-corrected chi connectivity index (χ3v) is 10.2. The molecule has 2 aromatic carbocycles. The van der Waals surface area contributed by atoms with Gasteiger partial charge in [-0.2, -0.15) is 0 Å². The molecule has 0 unspecified atom stereocenters.